The first kappa shape index (κ1) is 11.2. The molecule has 5 heteroatoms. The molecule has 0 amide bonds. The van der Waals surface area contributed by atoms with Gasteiger partial charge in [-0.25, -0.2) is 0 Å². The van der Waals surface area contributed by atoms with Crippen LogP contribution in [0.25, 0.3) is 0 Å². The van der Waals surface area contributed by atoms with Gasteiger partial charge in [0.2, 0.25) is 0 Å². The average Bonchev–Trinajstić information content (AvgIpc) is 2.78. The number of carbonyl (C=O) groups excluding carboxylic acids is 1. The smallest absolute Gasteiger partial charge is 0.312 e. The molecule has 0 spiro atoms. The van der Waals surface area contributed by atoms with Crippen LogP contribution in [0.15, 0.2) is 12.7 Å². The van der Waals surface area contributed by atoms with Crippen molar-refractivity contribution < 1.29 is 23.7 Å². The molecule has 5 atom stereocenters. The first-order valence-electron chi connectivity index (χ1n) is 5.84. The normalized spacial score (nSPS) is 46.5. The van der Waals surface area contributed by atoms with E-state index in [9.17, 15) is 4.79 Å². The predicted octanol–water partition coefficient (Wildman–Crippen LogP) is 0.980. The number of esters is 1. The van der Waals surface area contributed by atoms with Gasteiger partial charge in [0.25, 0.3) is 0 Å². The van der Waals surface area contributed by atoms with E-state index in [0.29, 0.717) is 6.42 Å². The van der Waals surface area contributed by atoms with E-state index in [1.165, 1.54) is 0 Å². The van der Waals surface area contributed by atoms with Gasteiger partial charge in [0.1, 0.15) is 6.10 Å². The quantitative estimate of drug-likeness (QED) is 0.532. The van der Waals surface area contributed by atoms with Crippen molar-refractivity contribution in [2.75, 3.05) is 0 Å². The fourth-order valence-electron chi connectivity index (χ4n) is 2.73. The molecule has 3 aliphatic heterocycles. The van der Waals surface area contributed by atoms with Crippen molar-refractivity contribution in [2.24, 2.45) is 5.92 Å². The molecule has 3 rings (SSSR count). The number of hydrogen-bond acceptors (Lipinski definition) is 5. The Morgan fingerprint density at radius 1 is 1.29 bits per heavy atom. The van der Waals surface area contributed by atoms with E-state index >= 15 is 0 Å². The van der Waals surface area contributed by atoms with Crippen molar-refractivity contribution in [3.63, 3.8) is 0 Å². The Kier molecular flexibility index (Phi) is 2.33. The largest absolute Gasteiger partial charge is 0.456 e. The van der Waals surface area contributed by atoms with E-state index in [1.807, 2.05) is 13.8 Å². The summed E-state index contributed by atoms with van der Waals surface area (Å²) in [5.74, 6) is -1.19. The Morgan fingerprint density at radius 3 is 2.76 bits per heavy atom. The van der Waals surface area contributed by atoms with E-state index < -0.39 is 12.1 Å². The summed E-state index contributed by atoms with van der Waals surface area (Å²) in [6, 6.07) is 0. The maximum Gasteiger partial charge on any atom is 0.312 e. The third-order valence-electron chi connectivity index (χ3n) is 3.40. The highest BCUT2D eigenvalue weighted by Gasteiger charge is 2.62. The van der Waals surface area contributed by atoms with Crippen LogP contribution in [0.2, 0.25) is 0 Å². The Hall–Kier alpha value is -0.910. The first-order valence-corrected chi connectivity index (χ1v) is 5.84. The van der Waals surface area contributed by atoms with Gasteiger partial charge in [0.05, 0.1) is 5.92 Å². The Morgan fingerprint density at radius 2 is 2.06 bits per heavy atom. The van der Waals surface area contributed by atoms with Crippen LogP contribution in [0.4, 0.5) is 0 Å². The van der Waals surface area contributed by atoms with Gasteiger partial charge in [-0.2, -0.15) is 0 Å². The van der Waals surface area contributed by atoms with Crippen LogP contribution in [0.3, 0.4) is 0 Å². The van der Waals surface area contributed by atoms with Gasteiger partial charge < -0.3 is 18.9 Å². The second-order valence-electron chi connectivity index (χ2n) is 5.10. The summed E-state index contributed by atoms with van der Waals surface area (Å²) in [4.78, 5) is 11.7. The second kappa shape index (κ2) is 3.54. The SMILES string of the molecule is C=CC[C@H]1C(=O)O[C@@H]2[C@H]3OC(C)(C)O[C@H]3O[C@@H]21. The van der Waals surface area contributed by atoms with E-state index in [2.05, 4.69) is 6.58 Å². The zero-order valence-electron chi connectivity index (χ0n) is 9.92. The van der Waals surface area contributed by atoms with Crippen molar-refractivity contribution in [1.29, 1.82) is 0 Å². The number of carbonyl (C=O) groups is 1. The number of ether oxygens (including phenoxy) is 4. The van der Waals surface area contributed by atoms with Crippen LogP contribution in [-0.2, 0) is 23.7 Å². The van der Waals surface area contributed by atoms with Crippen LogP contribution in [0, 0.1) is 5.92 Å². The molecule has 0 aromatic rings. The van der Waals surface area contributed by atoms with Gasteiger partial charge in [-0.05, 0) is 20.3 Å². The summed E-state index contributed by atoms with van der Waals surface area (Å²) in [7, 11) is 0. The summed E-state index contributed by atoms with van der Waals surface area (Å²) in [6.45, 7) is 7.28. The summed E-state index contributed by atoms with van der Waals surface area (Å²) in [5, 5.41) is 0. The zero-order chi connectivity index (χ0) is 12.2. The molecule has 0 radical (unpaired) electrons. The molecular formula is C12H16O5. The van der Waals surface area contributed by atoms with Crippen LogP contribution >= 0.6 is 0 Å². The minimum atomic E-state index is -0.677. The lowest BCUT2D eigenvalue weighted by atomic mass is 9.97. The number of fused-ring (bicyclic) bond motifs is 3. The summed E-state index contributed by atoms with van der Waals surface area (Å²) in [6.07, 6.45) is 0.903. The molecule has 0 unspecified atom stereocenters. The molecule has 3 aliphatic rings. The van der Waals surface area contributed by atoms with Crippen molar-refractivity contribution in [2.45, 2.75) is 50.7 Å². The van der Waals surface area contributed by atoms with Gasteiger partial charge in [-0.1, -0.05) is 6.08 Å². The van der Waals surface area contributed by atoms with Gasteiger partial charge in [-0.15, -0.1) is 6.58 Å². The molecule has 94 valence electrons. The Balaban J connectivity index is 1.79. The number of allylic oxidation sites excluding steroid dienone is 1. The molecule has 0 saturated carbocycles. The molecular weight excluding hydrogens is 224 g/mol. The minimum absolute atomic E-state index is 0.230. The monoisotopic (exact) mass is 240 g/mol. The molecule has 0 bridgehead atoms. The van der Waals surface area contributed by atoms with Crippen molar-refractivity contribution in [1.82, 2.24) is 0 Å². The van der Waals surface area contributed by atoms with Crippen LogP contribution in [-0.4, -0.2) is 36.4 Å². The maximum atomic E-state index is 11.7. The third-order valence-corrected chi connectivity index (χ3v) is 3.40. The van der Waals surface area contributed by atoms with E-state index in [-0.39, 0.29) is 30.2 Å². The van der Waals surface area contributed by atoms with Crippen molar-refractivity contribution >= 4 is 5.97 Å². The second-order valence-corrected chi connectivity index (χ2v) is 5.10. The molecule has 17 heavy (non-hydrogen) atoms. The fraction of sp³-hybridized carbons (Fsp3) is 0.750. The summed E-state index contributed by atoms with van der Waals surface area (Å²) < 4.78 is 22.4. The fourth-order valence-corrected chi connectivity index (χ4v) is 2.73. The van der Waals surface area contributed by atoms with E-state index in [4.69, 9.17) is 18.9 Å². The predicted molar refractivity (Wildman–Crippen MR) is 56.9 cm³/mol. The number of rotatable bonds is 2. The highest BCUT2D eigenvalue weighted by molar-refractivity contribution is 5.76. The topological polar surface area (TPSA) is 54.0 Å². The van der Waals surface area contributed by atoms with E-state index in [0.717, 1.165) is 0 Å². The number of hydrogen-bond donors (Lipinski definition) is 0. The molecule has 3 saturated heterocycles. The van der Waals surface area contributed by atoms with Gasteiger partial charge >= 0.3 is 5.97 Å². The van der Waals surface area contributed by atoms with Crippen LogP contribution < -0.4 is 0 Å². The van der Waals surface area contributed by atoms with E-state index in [1.54, 1.807) is 6.08 Å². The molecule has 0 aromatic carbocycles. The molecule has 0 aliphatic carbocycles. The summed E-state index contributed by atoms with van der Waals surface area (Å²) in [5.41, 5.74) is 0. The van der Waals surface area contributed by atoms with Gasteiger partial charge in [0.15, 0.2) is 24.3 Å². The Bertz CT molecular complexity index is 364. The minimum Gasteiger partial charge on any atom is -0.456 e. The zero-order valence-corrected chi connectivity index (χ0v) is 9.92. The van der Waals surface area contributed by atoms with Gasteiger partial charge in [-0.3, -0.25) is 4.79 Å². The van der Waals surface area contributed by atoms with Crippen LogP contribution in [0.1, 0.15) is 20.3 Å². The Labute approximate surface area is 99.7 Å². The molecule has 5 nitrogen and oxygen atoms in total. The average molecular weight is 240 g/mol. The van der Waals surface area contributed by atoms with Gasteiger partial charge in [0, 0.05) is 0 Å². The molecule has 0 N–H and O–H groups in total. The standard InChI is InChI=1S/C12H16O5/c1-4-5-6-7-8(14-10(6)13)9-11(15-7)17-12(2,3)16-9/h4,6-9,11H,1,5H2,2-3H3/t6-,7-,8+,9-,11-/m1/s1. The molecule has 3 heterocycles. The maximum absolute atomic E-state index is 11.7. The lowest BCUT2D eigenvalue weighted by Gasteiger charge is -2.21. The first-order chi connectivity index (χ1) is 8.02. The lowest BCUT2D eigenvalue weighted by Crippen LogP contribution is -2.33. The summed E-state index contributed by atoms with van der Waals surface area (Å²) >= 11 is 0. The third kappa shape index (κ3) is 1.61. The van der Waals surface area contributed by atoms with Crippen LogP contribution in [0.5, 0.6) is 0 Å². The highest BCUT2D eigenvalue weighted by atomic mass is 16.8. The van der Waals surface area contributed by atoms with Crippen molar-refractivity contribution in [3.05, 3.63) is 12.7 Å². The lowest BCUT2D eigenvalue weighted by molar-refractivity contribution is -0.212. The van der Waals surface area contributed by atoms with Crippen molar-refractivity contribution in [3.8, 4) is 0 Å². The highest BCUT2D eigenvalue weighted by Crippen LogP contribution is 2.44. The molecule has 3 fully saturated rings. The molecule has 0 aromatic heterocycles.